The molecule has 0 unspecified atom stereocenters. The smallest absolute Gasteiger partial charge is 0.263 e. The summed E-state index contributed by atoms with van der Waals surface area (Å²) in [6.07, 6.45) is 2.73. The van der Waals surface area contributed by atoms with Crippen molar-refractivity contribution in [3.63, 3.8) is 0 Å². The number of hydrogen-bond donors (Lipinski definition) is 2. The predicted octanol–water partition coefficient (Wildman–Crippen LogP) is 4.41. The molecule has 7 heteroatoms. The van der Waals surface area contributed by atoms with Gasteiger partial charge in [-0.1, -0.05) is 13.8 Å². The van der Waals surface area contributed by atoms with Gasteiger partial charge in [0, 0.05) is 29.8 Å². The number of amides is 2. The van der Waals surface area contributed by atoms with Gasteiger partial charge in [-0.2, -0.15) is 0 Å². The van der Waals surface area contributed by atoms with Crippen LogP contribution in [0, 0.1) is 0 Å². The topological polar surface area (TPSA) is 80.3 Å². The highest BCUT2D eigenvalue weighted by Crippen LogP contribution is 2.38. The Bertz CT molecular complexity index is 904. The van der Waals surface area contributed by atoms with Crippen LogP contribution in [0.2, 0.25) is 0 Å². The maximum atomic E-state index is 12.9. The molecular formula is C21H29N3O3S. The lowest BCUT2D eigenvalue weighted by atomic mass is 9.95. The lowest BCUT2D eigenvalue weighted by Crippen LogP contribution is -2.32. The molecule has 0 fully saturated rings. The van der Waals surface area contributed by atoms with E-state index in [1.807, 2.05) is 26.8 Å². The number of aromatic nitrogens is 1. The van der Waals surface area contributed by atoms with E-state index in [9.17, 15) is 9.59 Å². The molecule has 2 amide bonds. The van der Waals surface area contributed by atoms with E-state index in [0.717, 1.165) is 40.7 Å². The Hall–Kier alpha value is -1.99. The highest BCUT2D eigenvalue weighted by Gasteiger charge is 2.29. The van der Waals surface area contributed by atoms with Crippen LogP contribution >= 0.6 is 11.3 Å². The Morgan fingerprint density at radius 3 is 2.79 bits per heavy atom. The molecule has 1 aliphatic rings. The van der Waals surface area contributed by atoms with E-state index in [2.05, 4.69) is 24.5 Å². The third-order valence-electron chi connectivity index (χ3n) is 5.00. The Morgan fingerprint density at radius 1 is 1.36 bits per heavy atom. The van der Waals surface area contributed by atoms with Crippen LogP contribution in [0.4, 0.5) is 5.69 Å². The molecule has 2 aromatic rings. The van der Waals surface area contributed by atoms with Crippen molar-refractivity contribution in [2.24, 2.45) is 0 Å². The number of anilines is 1. The van der Waals surface area contributed by atoms with Gasteiger partial charge in [-0.15, -0.1) is 11.3 Å². The molecule has 0 saturated heterocycles. The number of pyridine rings is 1. The van der Waals surface area contributed by atoms with E-state index in [-0.39, 0.29) is 23.5 Å². The predicted molar refractivity (Wildman–Crippen MR) is 113 cm³/mol. The molecule has 0 radical (unpaired) electrons. The van der Waals surface area contributed by atoms with Crippen LogP contribution in [-0.4, -0.2) is 28.4 Å². The number of thiophene rings is 1. The summed E-state index contributed by atoms with van der Waals surface area (Å²) in [4.78, 5) is 31.3. The summed E-state index contributed by atoms with van der Waals surface area (Å²) < 4.78 is 5.92. The van der Waals surface area contributed by atoms with Crippen LogP contribution in [-0.2, 0) is 22.6 Å². The minimum Gasteiger partial charge on any atom is -0.370 e. The van der Waals surface area contributed by atoms with Crippen LogP contribution in [0.1, 0.15) is 74.8 Å². The Labute approximate surface area is 170 Å². The van der Waals surface area contributed by atoms with Crippen LogP contribution in [0.3, 0.4) is 0 Å². The largest absolute Gasteiger partial charge is 0.370 e. The fourth-order valence-corrected chi connectivity index (χ4v) is 4.25. The minimum absolute atomic E-state index is 0.0623. The van der Waals surface area contributed by atoms with Gasteiger partial charge in [0.15, 0.2) is 0 Å². The second kappa shape index (κ2) is 8.17. The number of carbonyl (C=O) groups is 2. The average Bonchev–Trinajstić information content (AvgIpc) is 2.96. The second-order valence-electron chi connectivity index (χ2n) is 8.06. The molecule has 0 aromatic carbocycles. The average molecular weight is 404 g/mol. The summed E-state index contributed by atoms with van der Waals surface area (Å²) in [7, 11) is 0. The van der Waals surface area contributed by atoms with Gasteiger partial charge >= 0.3 is 0 Å². The number of nitrogens with zero attached hydrogens (tertiary/aromatic N) is 1. The zero-order valence-electron chi connectivity index (χ0n) is 17.3. The molecule has 2 N–H and O–H groups in total. The van der Waals surface area contributed by atoms with E-state index in [1.165, 1.54) is 11.3 Å². The molecule has 0 aliphatic carbocycles. The molecule has 152 valence electrons. The quantitative estimate of drug-likeness (QED) is 0.748. The van der Waals surface area contributed by atoms with Gasteiger partial charge in [-0.25, -0.2) is 4.98 Å². The molecule has 0 saturated carbocycles. The van der Waals surface area contributed by atoms with Crippen molar-refractivity contribution in [2.45, 2.75) is 78.6 Å². The van der Waals surface area contributed by atoms with Gasteiger partial charge in [-0.05, 0) is 39.7 Å². The molecule has 1 aliphatic heterocycles. The second-order valence-corrected chi connectivity index (χ2v) is 9.06. The Kier molecular flexibility index (Phi) is 6.05. The first kappa shape index (κ1) is 20.7. The van der Waals surface area contributed by atoms with Crippen molar-refractivity contribution in [3.8, 4) is 0 Å². The summed E-state index contributed by atoms with van der Waals surface area (Å²) in [6, 6.07) is 2.08. The van der Waals surface area contributed by atoms with E-state index in [0.29, 0.717) is 23.6 Å². The lowest BCUT2D eigenvalue weighted by Gasteiger charge is -2.31. The first-order chi connectivity index (χ1) is 13.2. The molecule has 3 heterocycles. The lowest BCUT2D eigenvalue weighted by molar-refractivity contribution is -0.116. The fourth-order valence-electron chi connectivity index (χ4n) is 3.21. The fraction of sp³-hybridized carbons (Fsp3) is 0.571. The standard InChI is InChI=1S/C21H29N3O3S/c1-6-8-16(25)24-17-14-9-13-11-27-21(4,5)10-15(13)23-20(14)28-18(17)19(26)22-12(3)7-2/h9,12H,6-8,10-11H2,1-5H3,(H,22,26)(H,24,25)/t12-/m1/s1. The van der Waals surface area contributed by atoms with Crippen LogP contribution in [0.15, 0.2) is 6.07 Å². The third-order valence-corrected chi connectivity index (χ3v) is 6.10. The zero-order valence-corrected chi connectivity index (χ0v) is 18.1. The number of carbonyl (C=O) groups excluding carboxylic acids is 2. The minimum atomic E-state index is -0.250. The van der Waals surface area contributed by atoms with Crippen molar-refractivity contribution < 1.29 is 14.3 Å². The van der Waals surface area contributed by atoms with Crippen molar-refractivity contribution in [2.75, 3.05) is 5.32 Å². The third kappa shape index (κ3) is 4.36. The zero-order chi connectivity index (χ0) is 20.5. The maximum Gasteiger partial charge on any atom is 0.263 e. The van der Waals surface area contributed by atoms with Gasteiger partial charge in [0.05, 0.1) is 23.6 Å². The van der Waals surface area contributed by atoms with Crippen LogP contribution < -0.4 is 10.6 Å². The monoisotopic (exact) mass is 403 g/mol. The number of fused-ring (bicyclic) bond motifs is 2. The van der Waals surface area contributed by atoms with Crippen molar-refractivity contribution in [1.29, 1.82) is 0 Å². The van der Waals surface area contributed by atoms with Gasteiger partial charge in [0.1, 0.15) is 9.71 Å². The number of hydrogen-bond acceptors (Lipinski definition) is 5. The molecule has 3 rings (SSSR count). The number of ether oxygens (including phenoxy) is 1. The van der Waals surface area contributed by atoms with E-state index >= 15 is 0 Å². The molecule has 1 atom stereocenters. The van der Waals surface area contributed by atoms with Crippen LogP contribution in [0.25, 0.3) is 10.2 Å². The number of nitrogens with one attached hydrogen (secondary N) is 2. The summed E-state index contributed by atoms with van der Waals surface area (Å²) >= 11 is 1.34. The Morgan fingerprint density at radius 2 is 2.11 bits per heavy atom. The summed E-state index contributed by atoms with van der Waals surface area (Å²) in [5.41, 5.74) is 2.34. The van der Waals surface area contributed by atoms with Gasteiger partial charge < -0.3 is 15.4 Å². The van der Waals surface area contributed by atoms with Crippen molar-refractivity contribution in [3.05, 3.63) is 22.2 Å². The maximum absolute atomic E-state index is 12.9. The van der Waals surface area contributed by atoms with E-state index in [1.54, 1.807) is 0 Å². The molecular weight excluding hydrogens is 374 g/mol. The number of rotatable bonds is 6. The van der Waals surface area contributed by atoms with E-state index in [4.69, 9.17) is 9.72 Å². The first-order valence-corrected chi connectivity index (χ1v) is 10.8. The first-order valence-electron chi connectivity index (χ1n) is 9.94. The Balaban J connectivity index is 2.07. The summed E-state index contributed by atoms with van der Waals surface area (Å²) in [5.74, 6) is -0.256. The van der Waals surface area contributed by atoms with Gasteiger partial charge in [-0.3, -0.25) is 9.59 Å². The molecule has 28 heavy (non-hydrogen) atoms. The van der Waals surface area contributed by atoms with Crippen molar-refractivity contribution in [1.82, 2.24) is 10.3 Å². The molecule has 0 spiro atoms. The molecule has 6 nitrogen and oxygen atoms in total. The SMILES string of the molecule is CCCC(=O)Nc1c(C(=O)N[C@H](C)CC)sc2nc3c(cc12)COC(C)(C)C3. The van der Waals surface area contributed by atoms with Crippen LogP contribution in [0.5, 0.6) is 0 Å². The highest BCUT2D eigenvalue weighted by atomic mass is 32.1. The van der Waals surface area contributed by atoms with Gasteiger partial charge in [0.2, 0.25) is 5.91 Å². The van der Waals surface area contributed by atoms with E-state index < -0.39 is 0 Å². The summed E-state index contributed by atoms with van der Waals surface area (Å²) in [5, 5.41) is 6.77. The summed E-state index contributed by atoms with van der Waals surface area (Å²) in [6.45, 7) is 10.5. The van der Waals surface area contributed by atoms with Gasteiger partial charge in [0.25, 0.3) is 5.91 Å². The molecule has 2 aromatic heterocycles. The van der Waals surface area contributed by atoms with Crippen molar-refractivity contribution >= 4 is 39.1 Å². The normalized spacial score (nSPS) is 16.5. The highest BCUT2D eigenvalue weighted by molar-refractivity contribution is 7.21. The molecule has 0 bridgehead atoms.